The number of benzene rings is 2. The number of carbonyl (C=O) groups is 2. The highest BCUT2D eigenvalue weighted by atomic mass is 35.5. The molecule has 0 radical (unpaired) electrons. The van der Waals surface area contributed by atoms with Gasteiger partial charge in [0.05, 0.1) is 23.1 Å². The standard InChI is InChI=1S/C22H21ClN4O2/c1-14-20(13-25-27(14)19-7-3-5-17(23)11-19)22(29)24-12-15-4-2-6-18(10-15)26-21(28)16-8-9-16/h2-7,10-11,13,16H,8-9,12H2,1H3,(H,24,29)(H,26,28). The molecule has 0 atom stereocenters. The molecule has 0 unspecified atom stereocenters. The van der Waals surface area contributed by atoms with Crippen molar-refractivity contribution >= 4 is 29.1 Å². The topological polar surface area (TPSA) is 76.0 Å². The largest absolute Gasteiger partial charge is 0.348 e. The lowest BCUT2D eigenvalue weighted by Gasteiger charge is -2.09. The van der Waals surface area contributed by atoms with Crippen molar-refractivity contribution in [1.29, 1.82) is 0 Å². The second-order valence-corrected chi connectivity index (χ2v) is 7.62. The molecule has 6 nitrogen and oxygen atoms in total. The van der Waals surface area contributed by atoms with E-state index in [2.05, 4.69) is 15.7 Å². The summed E-state index contributed by atoms with van der Waals surface area (Å²) in [5, 5.41) is 10.8. The van der Waals surface area contributed by atoms with Crippen LogP contribution in [-0.4, -0.2) is 21.6 Å². The van der Waals surface area contributed by atoms with Gasteiger partial charge in [-0.05, 0) is 55.7 Å². The minimum atomic E-state index is -0.205. The van der Waals surface area contributed by atoms with Crippen molar-refractivity contribution in [1.82, 2.24) is 15.1 Å². The summed E-state index contributed by atoms with van der Waals surface area (Å²) in [6, 6.07) is 14.8. The zero-order valence-corrected chi connectivity index (χ0v) is 16.7. The highest BCUT2D eigenvalue weighted by molar-refractivity contribution is 6.30. The van der Waals surface area contributed by atoms with Crippen LogP contribution in [0.4, 0.5) is 5.69 Å². The minimum absolute atomic E-state index is 0.0650. The summed E-state index contributed by atoms with van der Waals surface area (Å²) in [6.07, 6.45) is 3.48. The number of amides is 2. The first-order chi connectivity index (χ1) is 14.0. The van der Waals surface area contributed by atoms with Gasteiger partial charge in [0.25, 0.3) is 5.91 Å². The van der Waals surface area contributed by atoms with Crippen molar-refractivity contribution in [2.24, 2.45) is 5.92 Å². The number of aromatic nitrogens is 2. The Morgan fingerprint density at radius 1 is 1.17 bits per heavy atom. The van der Waals surface area contributed by atoms with E-state index in [1.165, 1.54) is 0 Å². The van der Waals surface area contributed by atoms with Gasteiger partial charge in [-0.1, -0.05) is 29.8 Å². The predicted octanol–water partition coefficient (Wildman–Crippen LogP) is 4.11. The van der Waals surface area contributed by atoms with E-state index >= 15 is 0 Å². The Morgan fingerprint density at radius 3 is 2.72 bits per heavy atom. The summed E-state index contributed by atoms with van der Waals surface area (Å²) in [5.41, 5.74) is 3.69. The van der Waals surface area contributed by atoms with E-state index in [0.717, 1.165) is 35.5 Å². The van der Waals surface area contributed by atoms with Gasteiger partial charge in [-0.3, -0.25) is 9.59 Å². The molecule has 2 amide bonds. The highest BCUT2D eigenvalue weighted by Gasteiger charge is 2.29. The zero-order valence-electron chi connectivity index (χ0n) is 16.0. The molecule has 1 aromatic heterocycles. The molecule has 148 valence electrons. The van der Waals surface area contributed by atoms with E-state index in [1.54, 1.807) is 23.0 Å². The number of carbonyl (C=O) groups excluding carboxylic acids is 2. The molecule has 0 aliphatic heterocycles. The average molecular weight is 409 g/mol. The third-order valence-corrected chi connectivity index (χ3v) is 5.14. The summed E-state index contributed by atoms with van der Waals surface area (Å²) in [5.74, 6) is 0.0100. The molecule has 7 heteroatoms. The third-order valence-electron chi connectivity index (χ3n) is 4.90. The van der Waals surface area contributed by atoms with Gasteiger partial charge < -0.3 is 10.6 Å². The van der Waals surface area contributed by atoms with E-state index in [4.69, 9.17) is 11.6 Å². The normalized spacial score (nSPS) is 13.2. The quantitative estimate of drug-likeness (QED) is 0.644. The summed E-state index contributed by atoms with van der Waals surface area (Å²) in [4.78, 5) is 24.6. The van der Waals surface area contributed by atoms with E-state index in [-0.39, 0.29) is 17.7 Å². The van der Waals surface area contributed by atoms with Crippen LogP contribution < -0.4 is 10.6 Å². The lowest BCUT2D eigenvalue weighted by atomic mass is 10.2. The van der Waals surface area contributed by atoms with E-state index < -0.39 is 0 Å². The Balaban J connectivity index is 1.42. The number of hydrogen-bond acceptors (Lipinski definition) is 3. The Bertz CT molecular complexity index is 1070. The molecule has 1 fully saturated rings. The molecular formula is C22H21ClN4O2. The first kappa shape index (κ1) is 19.2. The Labute approximate surface area is 173 Å². The zero-order chi connectivity index (χ0) is 20.4. The monoisotopic (exact) mass is 408 g/mol. The van der Waals surface area contributed by atoms with E-state index in [0.29, 0.717) is 17.1 Å². The van der Waals surface area contributed by atoms with Crippen molar-refractivity contribution in [2.75, 3.05) is 5.32 Å². The van der Waals surface area contributed by atoms with E-state index in [1.807, 2.05) is 43.3 Å². The smallest absolute Gasteiger partial charge is 0.255 e. The SMILES string of the molecule is Cc1c(C(=O)NCc2cccc(NC(=O)C3CC3)c2)cnn1-c1cccc(Cl)c1. The number of nitrogens with one attached hydrogen (secondary N) is 2. The van der Waals surface area contributed by atoms with Crippen LogP contribution in [0.25, 0.3) is 5.69 Å². The third kappa shape index (κ3) is 4.49. The summed E-state index contributed by atoms with van der Waals surface area (Å²) in [6.45, 7) is 2.20. The van der Waals surface area contributed by atoms with Crippen molar-refractivity contribution in [2.45, 2.75) is 26.3 Å². The summed E-state index contributed by atoms with van der Waals surface area (Å²) in [7, 11) is 0. The maximum atomic E-state index is 12.7. The Kier molecular flexibility index (Phi) is 5.36. The van der Waals surface area contributed by atoms with Crippen LogP contribution in [0.5, 0.6) is 0 Å². The maximum Gasteiger partial charge on any atom is 0.255 e. The van der Waals surface area contributed by atoms with Gasteiger partial charge in [0, 0.05) is 23.2 Å². The van der Waals surface area contributed by atoms with Crippen LogP contribution in [0.2, 0.25) is 5.02 Å². The fourth-order valence-electron chi connectivity index (χ4n) is 3.13. The molecule has 1 saturated carbocycles. The highest BCUT2D eigenvalue weighted by Crippen LogP contribution is 2.30. The van der Waals surface area contributed by atoms with Crippen LogP contribution in [0.15, 0.2) is 54.7 Å². The molecule has 4 rings (SSSR count). The lowest BCUT2D eigenvalue weighted by molar-refractivity contribution is -0.117. The van der Waals surface area contributed by atoms with Crippen LogP contribution in [0.3, 0.4) is 0 Å². The van der Waals surface area contributed by atoms with Gasteiger partial charge in [-0.2, -0.15) is 5.10 Å². The molecule has 1 heterocycles. The van der Waals surface area contributed by atoms with Crippen LogP contribution in [-0.2, 0) is 11.3 Å². The van der Waals surface area contributed by atoms with Crippen molar-refractivity contribution < 1.29 is 9.59 Å². The van der Waals surface area contributed by atoms with Gasteiger partial charge in [0.2, 0.25) is 5.91 Å². The second-order valence-electron chi connectivity index (χ2n) is 7.18. The molecule has 0 bridgehead atoms. The van der Waals surface area contributed by atoms with Gasteiger partial charge in [-0.25, -0.2) is 4.68 Å². The summed E-state index contributed by atoms with van der Waals surface area (Å²) < 4.78 is 1.69. The predicted molar refractivity (Wildman–Crippen MR) is 112 cm³/mol. The van der Waals surface area contributed by atoms with Crippen LogP contribution in [0.1, 0.15) is 34.5 Å². The molecule has 2 aromatic carbocycles. The second kappa shape index (κ2) is 8.09. The Morgan fingerprint density at radius 2 is 1.97 bits per heavy atom. The van der Waals surface area contributed by atoms with Gasteiger partial charge in [0.1, 0.15) is 0 Å². The molecule has 29 heavy (non-hydrogen) atoms. The molecule has 1 aliphatic rings. The van der Waals surface area contributed by atoms with Gasteiger partial charge in [0.15, 0.2) is 0 Å². The van der Waals surface area contributed by atoms with E-state index in [9.17, 15) is 9.59 Å². The fraction of sp³-hybridized carbons (Fsp3) is 0.227. The maximum absolute atomic E-state index is 12.7. The first-order valence-corrected chi connectivity index (χ1v) is 9.87. The van der Waals surface area contributed by atoms with Gasteiger partial charge in [-0.15, -0.1) is 0 Å². The average Bonchev–Trinajstić information content (AvgIpc) is 3.49. The summed E-state index contributed by atoms with van der Waals surface area (Å²) >= 11 is 6.05. The van der Waals surface area contributed by atoms with Crippen molar-refractivity contribution in [3.63, 3.8) is 0 Å². The Hall–Kier alpha value is -3.12. The number of rotatable bonds is 6. The van der Waals surface area contributed by atoms with Crippen LogP contribution >= 0.6 is 11.6 Å². The van der Waals surface area contributed by atoms with Crippen molar-refractivity contribution in [3.05, 3.63) is 76.6 Å². The molecule has 2 N–H and O–H groups in total. The fourth-order valence-corrected chi connectivity index (χ4v) is 3.31. The molecule has 1 aliphatic carbocycles. The first-order valence-electron chi connectivity index (χ1n) is 9.50. The molecule has 3 aromatic rings. The van der Waals surface area contributed by atoms with Gasteiger partial charge >= 0.3 is 0 Å². The van der Waals surface area contributed by atoms with Crippen molar-refractivity contribution in [3.8, 4) is 5.69 Å². The number of halogens is 1. The minimum Gasteiger partial charge on any atom is -0.348 e. The van der Waals surface area contributed by atoms with Crippen LogP contribution in [0, 0.1) is 12.8 Å². The lowest BCUT2D eigenvalue weighted by Crippen LogP contribution is -2.23. The number of nitrogens with zero attached hydrogens (tertiary/aromatic N) is 2. The molecule has 0 saturated heterocycles. The molecular weight excluding hydrogens is 388 g/mol. The number of hydrogen-bond donors (Lipinski definition) is 2. The molecule has 0 spiro atoms. The number of anilines is 1.